The van der Waals surface area contributed by atoms with E-state index in [0.717, 1.165) is 12.1 Å². The van der Waals surface area contributed by atoms with Gasteiger partial charge in [-0.05, 0) is 30.3 Å². The van der Waals surface area contributed by atoms with Crippen LogP contribution in [0.15, 0.2) is 53.5 Å². The second-order valence-corrected chi connectivity index (χ2v) is 7.98. The van der Waals surface area contributed by atoms with Gasteiger partial charge in [0, 0.05) is 23.5 Å². The molecule has 0 unspecified atom stereocenters. The molecule has 2 aromatic carbocycles. The maximum atomic E-state index is 14.3. The topological polar surface area (TPSA) is 125 Å². The minimum atomic E-state index is -0.850. The molecular weight excluding hydrogens is 507 g/mol. The van der Waals surface area contributed by atoms with E-state index in [-0.39, 0.29) is 61.5 Å². The predicted molar refractivity (Wildman–Crippen MR) is 128 cm³/mol. The summed E-state index contributed by atoms with van der Waals surface area (Å²) in [5, 5.41) is 12.0. The predicted octanol–water partition coefficient (Wildman–Crippen LogP) is 4.17. The number of nitrogens with one attached hydrogen (secondary N) is 1. The monoisotopic (exact) mass is 523 g/mol. The number of anilines is 1. The van der Waals surface area contributed by atoms with Crippen LogP contribution in [0, 0.1) is 11.6 Å². The molecule has 0 saturated carbocycles. The summed E-state index contributed by atoms with van der Waals surface area (Å²) in [5.41, 5.74) is -1.13. The molecule has 0 atom stereocenters. The maximum Gasteiger partial charge on any atom is 0.261 e. The third-order valence-corrected chi connectivity index (χ3v) is 5.60. The number of hydrogen-bond acceptors (Lipinski definition) is 5. The third kappa shape index (κ3) is 5.04. The first-order valence-electron chi connectivity index (χ1n) is 9.70. The Bertz CT molecular complexity index is 1470. The van der Waals surface area contributed by atoms with Crippen molar-refractivity contribution in [3.8, 4) is 11.6 Å². The Morgan fingerprint density at radius 3 is 2.37 bits per heavy atom. The van der Waals surface area contributed by atoms with Crippen LogP contribution in [-0.4, -0.2) is 33.2 Å². The molecular formula is C23H17Cl2F2N3O5. The SMILES string of the molecule is COc1ccc2c(n1)c(=O)c(C(=O)Nc1cc(Cl)c(O)c(Cl)c1)cn2Cc1c(F)cccc1F.O. The standard InChI is InChI=1S/C23H15Cl2F2N3O4.H2O/c1-34-19-6-5-18-20(29-19)21(31)13(10-30(18)9-12-16(26)3-2-4-17(12)27)23(33)28-11-7-14(24)22(32)15(25)8-11;/h2-8,10,32H,9H2,1H3,(H,28,33);1H2. The summed E-state index contributed by atoms with van der Waals surface area (Å²) in [7, 11) is 1.36. The Balaban J connectivity index is 0.00000342. The number of ether oxygens (including phenoxy) is 1. The maximum absolute atomic E-state index is 14.3. The first-order valence-corrected chi connectivity index (χ1v) is 10.5. The summed E-state index contributed by atoms with van der Waals surface area (Å²) in [6.07, 6.45) is 1.18. The number of pyridine rings is 2. The molecule has 1 amide bonds. The fourth-order valence-electron chi connectivity index (χ4n) is 3.34. The quantitative estimate of drug-likeness (QED) is 0.379. The molecule has 0 aliphatic rings. The molecule has 0 spiro atoms. The second-order valence-electron chi connectivity index (χ2n) is 7.16. The second kappa shape index (κ2) is 10.3. The smallest absolute Gasteiger partial charge is 0.261 e. The number of benzene rings is 2. The number of carbonyl (C=O) groups excluding carboxylic acids is 1. The van der Waals surface area contributed by atoms with Gasteiger partial charge in [0.15, 0.2) is 5.75 Å². The van der Waals surface area contributed by atoms with Gasteiger partial charge in [0.05, 0.1) is 29.2 Å². The molecule has 0 aliphatic heterocycles. The summed E-state index contributed by atoms with van der Waals surface area (Å²) in [5.74, 6) is -2.67. The van der Waals surface area contributed by atoms with Gasteiger partial charge in [-0.1, -0.05) is 29.3 Å². The number of phenols is 1. The molecule has 0 bridgehead atoms. The van der Waals surface area contributed by atoms with E-state index in [0.29, 0.717) is 0 Å². The molecule has 0 aliphatic carbocycles. The Morgan fingerprint density at radius 1 is 1.14 bits per heavy atom. The lowest BCUT2D eigenvalue weighted by Crippen LogP contribution is -2.25. The van der Waals surface area contributed by atoms with Crippen LogP contribution in [-0.2, 0) is 6.54 Å². The zero-order valence-corrected chi connectivity index (χ0v) is 19.4. The number of nitrogens with zero attached hydrogens (tertiary/aromatic N) is 2. The number of phenolic OH excluding ortho intramolecular Hbond substituents is 1. The van der Waals surface area contributed by atoms with E-state index in [4.69, 9.17) is 27.9 Å². The number of methoxy groups -OCH3 is 1. The number of aromatic hydroxyl groups is 1. The molecule has 4 rings (SSSR count). The lowest BCUT2D eigenvalue weighted by Gasteiger charge is -2.15. The van der Waals surface area contributed by atoms with Crippen molar-refractivity contribution >= 4 is 45.8 Å². The fourth-order valence-corrected chi connectivity index (χ4v) is 3.83. The van der Waals surface area contributed by atoms with Crippen molar-refractivity contribution in [1.82, 2.24) is 9.55 Å². The Labute approximate surface area is 206 Å². The number of halogens is 4. The highest BCUT2D eigenvalue weighted by atomic mass is 35.5. The molecule has 4 aromatic rings. The number of aromatic nitrogens is 2. The van der Waals surface area contributed by atoms with Gasteiger partial charge in [0.1, 0.15) is 22.7 Å². The Morgan fingerprint density at radius 2 is 1.77 bits per heavy atom. The average molecular weight is 524 g/mol. The van der Waals surface area contributed by atoms with Gasteiger partial charge in [-0.2, -0.15) is 0 Å². The van der Waals surface area contributed by atoms with Crippen molar-refractivity contribution < 1.29 is 28.9 Å². The molecule has 35 heavy (non-hydrogen) atoms. The molecule has 0 saturated heterocycles. The van der Waals surface area contributed by atoms with Crippen LogP contribution in [0.25, 0.3) is 11.0 Å². The first-order chi connectivity index (χ1) is 16.2. The fraction of sp³-hybridized carbons (Fsp3) is 0.0870. The Hall–Kier alpha value is -3.73. The minimum absolute atomic E-state index is 0. The first kappa shape index (κ1) is 25.9. The zero-order valence-electron chi connectivity index (χ0n) is 17.9. The van der Waals surface area contributed by atoms with Crippen molar-refractivity contribution in [1.29, 1.82) is 0 Å². The van der Waals surface area contributed by atoms with Gasteiger partial charge in [0.25, 0.3) is 5.91 Å². The minimum Gasteiger partial charge on any atom is -0.505 e. The van der Waals surface area contributed by atoms with E-state index in [1.54, 1.807) is 0 Å². The molecule has 4 N–H and O–H groups in total. The Kier molecular flexibility index (Phi) is 7.59. The van der Waals surface area contributed by atoms with Gasteiger partial charge in [-0.15, -0.1) is 0 Å². The van der Waals surface area contributed by atoms with Crippen LogP contribution >= 0.6 is 23.2 Å². The van der Waals surface area contributed by atoms with Crippen molar-refractivity contribution in [2.24, 2.45) is 0 Å². The largest absolute Gasteiger partial charge is 0.505 e. The van der Waals surface area contributed by atoms with Gasteiger partial charge < -0.3 is 25.2 Å². The zero-order chi connectivity index (χ0) is 24.6. The average Bonchev–Trinajstić information content (AvgIpc) is 2.80. The highest BCUT2D eigenvalue weighted by Gasteiger charge is 2.20. The summed E-state index contributed by atoms with van der Waals surface area (Å²) in [6, 6.07) is 8.93. The number of amides is 1. The van der Waals surface area contributed by atoms with E-state index >= 15 is 0 Å². The van der Waals surface area contributed by atoms with Crippen molar-refractivity contribution in [3.63, 3.8) is 0 Å². The van der Waals surface area contributed by atoms with Crippen molar-refractivity contribution in [2.75, 3.05) is 12.4 Å². The summed E-state index contributed by atoms with van der Waals surface area (Å²) in [6.45, 7) is -0.319. The molecule has 2 heterocycles. The molecule has 0 fully saturated rings. The van der Waals surface area contributed by atoms with Crippen LogP contribution in [0.1, 0.15) is 15.9 Å². The molecule has 2 aromatic heterocycles. The number of rotatable bonds is 5. The van der Waals surface area contributed by atoms with Crippen LogP contribution in [0.5, 0.6) is 11.6 Å². The van der Waals surface area contributed by atoms with Crippen LogP contribution < -0.4 is 15.5 Å². The van der Waals surface area contributed by atoms with Crippen LogP contribution in [0.2, 0.25) is 10.0 Å². The lowest BCUT2D eigenvalue weighted by molar-refractivity contribution is 0.102. The summed E-state index contributed by atoms with van der Waals surface area (Å²) < 4.78 is 35.0. The van der Waals surface area contributed by atoms with Gasteiger partial charge in [-0.3, -0.25) is 9.59 Å². The van der Waals surface area contributed by atoms with E-state index in [1.807, 2.05) is 0 Å². The molecule has 12 heteroatoms. The highest BCUT2D eigenvalue weighted by Crippen LogP contribution is 2.34. The third-order valence-electron chi connectivity index (χ3n) is 5.02. The van der Waals surface area contributed by atoms with E-state index < -0.39 is 23.0 Å². The van der Waals surface area contributed by atoms with E-state index in [9.17, 15) is 23.5 Å². The van der Waals surface area contributed by atoms with E-state index in [2.05, 4.69) is 10.3 Å². The van der Waals surface area contributed by atoms with Gasteiger partial charge in [0.2, 0.25) is 11.3 Å². The van der Waals surface area contributed by atoms with Crippen LogP contribution in [0.3, 0.4) is 0 Å². The molecule has 0 radical (unpaired) electrons. The number of carbonyl (C=O) groups is 1. The summed E-state index contributed by atoms with van der Waals surface area (Å²) >= 11 is 11.8. The normalized spacial score (nSPS) is 10.7. The highest BCUT2D eigenvalue weighted by molar-refractivity contribution is 6.37. The lowest BCUT2D eigenvalue weighted by atomic mass is 10.1. The van der Waals surface area contributed by atoms with Crippen molar-refractivity contribution in [2.45, 2.75) is 6.54 Å². The number of fused-ring (bicyclic) bond motifs is 1. The molecule has 8 nitrogen and oxygen atoms in total. The van der Waals surface area contributed by atoms with Crippen molar-refractivity contribution in [3.05, 3.63) is 91.7 Å². The van der Waals surface area contributed by atoms with Crippen LogP contribution in [0.4, 0.5) is 14.5 Å². The van der Waals surface area contributed by atoms with E-state index in [1.165, 1.54) is 48.2 Å². The van der Waals surface area contributed by atoms with Gasteiger partial charge >= 0.3 is 0 Å². The summed E-state index contributed by atoms with van der Waals surface area (Å²) in [4.78, 5) is 30.3. The number of hydrogen-bond donors (Lipinski definition) is 2. The molecule has 182 valence electrons. The van der Waals surface area contributed by atoms with Gasteiger partial charge in [-0.25, -0.2) is 13.8 Å².